The van der Waals surface area contributed by atoms with Crippen molar-refractivity contribution in [1.82, 2.24) is 20.8 Å². The molecule has 0 aliphatic carbocycles. The Bertz CT molecular complexity index is 393. The van der Waals surface area contributed by atoms with E-state index in [1.165, 1.54) is 0 Å². The van der Waals surface area contributed by atoms with Crippen LogP contribution >= 0.6 is 0 Å². The van der Waals surface area contributed by atoms with Gasteiger partial charge in [0, 0.05) is 17.8 Å². The van der Waals surface area contributed by atoms with Gasteiger partial charge in [-0.1, -0.05) is 0 Å². The molecule has 0 saturated carbocycles. The molecule has 0 spiro atoms. The molecular weight excluding hydrogens is 216 g/mol. The van der Waals surface area contributed by atoms with Gasteiger partial charge < -0.3 is 10.6 Å². The number of amides is 1. The summed E-state index contributed by atoms with van der Waals surface area (Å²) in [7, 11) is 0. The van der Waals surface area contributed by atoms with Crippen molar-refractivity contribution in [3.05, 3.63) is 17.5 Å². The molecule has 3 N–H and O–H groups in total. The number of H-pyrrole nitrogens is 1. The number of nitrogens with one attached hydrogen (secondary N) is 3. The third-order valence-electron chi connectivity index (χ3n) is 3.49. The lowest BCUT2D eigenvalue weighted by Crippen LogP contribution is -2.56. The van der Waals surface area contributed by atoms with E-state index in [4.69, 9.17) is 0 Å². The Labute approximate surface area is 101 Å². The largest absolute Gasteiger partial charge is 0.350 e. The molecule has 0 bridgehead atoms. The van der Waals surface area contributed by atoms with E-state index in [0.717, 1.165) is 37.1 Å². The average Bonchev–Trinajstić information content (AvgIpc) is 2.73. The van der Waals surface area contributed by atoms with Crippen LogP contribution in [0.4, 0.5) is 0 Å². The molecule has 1 fully saturated rings. The van der Waals surface area contributed by atoms with Gasteiger partial charge in [-0.05, 0) is 39.7 Å². The smallest absolute Gasteiger partial charge is 0.240 e. The van der Waals surface area contributed by atoms with Gasteiger partial charge >= 0.3 is 0 Å². The highest BCUT2D eigenvalue weighted by atomic mass is 16.2. The summed E-state index contributed by atoms with van der Waals surface area (Å²) in [6.07, 6.45) is 4.93. The molecule has 1 aliphatic heterocycles. The number of piperidine rings is 1. The monoisotopic (exact) mass is 236 g/mol. The molecule has 1 aromatic rings. The normalized spacial score (nSPS) is 24.6. The number of aromatic nitrogens is 2. The number of hydrogen-bond acceptors (Lipinski definition) is 3. The summed E-state index contributed by atoms with van der Waals surface area (Å²) in [5.41, 5.74) is 1.64. The van der Waals surface area contributed by atoms with Gasteiger partial charge in [-0.15, -0.1) is 0 Å². The van der Waals surface area contributed by atoms with Crippen LogP contribution in [0.5, 0.6) is 0 Å². The van der Waals surface area contributed by atoms with Crippen molar-refractivity contribution in [3.8, 4) is 0 Å². The van der Waals surface area contributed by atoms with Crippen LogP contribution in [-0.2, 0) is 11.3 Å². The van der Waals surface area contributed by atoms with Gasteiger partial charge in [0.2, 0.25) is 5.91 Å². The molecule has 1 aliphatic rings. The molecule has 17 heavy (non-hydrogen) atoms. The molecule has 2 heterocycles. The van der Waals surface area contributed by atoms with Gasteiger partial charge in [0.1, 0.15) is 0 Å². The number of aryl methyl sites for hydroxylation is 1. The summed E-state index contributed by atoms with van der Waals surface area (Å²) in [5.74, 6) is 0.0813. The van der Waals surface area contributed by atoms with E-state index < -0.39 is 5.54 Å². The van der Waals surface area contributed by atoms with Crippen LogP contribution in [0.1, 0.15) is 37.4 Å². The second kappa shape index (κ2) is 4.87. The third-order valence-corrected chi connectivity index (χ3v) is 3.49. The Morgan fingerprint density at radius 2 is 2.41 bits per heavy atom. The van der Waals surface area contributed by atoms with Crippen LogP contribution in [0.3, 0.4) is 0 Å². The van der Waals surface area contributed by atoms with Crippen LogP contribution in [0, 0.1) is 6.92 Å². The molecule has 0 aromatic carbocycles. The van der Waals surface area contributed by atoms with Gasteiger partial charge in [0.05, 0.1) is 11.7 Å². The summed E-state index contributed by atoms with van der Waals surface area (Å²) >= 11 is 0. The lowest BCUT2D eigenvalue weighted by Gasteiger charge is -2.33. The number of carbonyl (C=O) groups is 1. The van der Waals surface area contributed by atoms with E-state index in [9.17, 15) is 4.79 Å². The second-order valence-electron chi connectivity index (χ2n) is 4.92. The molecule has 0 radical (unpaired) electrons. The molecule has 5 nitrogen and oxygen atoms in total. The minimum absolute atomic E-state index is 0.0813. The van der Waals surface area contributed by atoms with Gasteiger partial charge in [0.15, 0.2) is 0 Å². The van der Waals surface area contributed by atoms with E-state index in [1.807, 2.05) is 13.8 Å². The van der Waals surface area contributed by atoms with Crippen LogP contribution < -0.4 is 10.6 Å². The lowest BCUT2D eigenvalue weighted by molar-refractivity contribution is -0.128. The molecular formula is C12H20N4O. The van der Waals surface area contributed by atoms with Crippen molar-refractivity contribution < 1.29 is 4.79 Å². The second-order valence-corrected chi connectivity index (χ2v) is 4.92. The van der Waals surface area contributed by atoms with Gasteiger partial charge in [-0.2, -0.15) is 5.10 Å². The number of rotatable bonds is 3. The van der Waals surface area contributed by atoms with Gasteiger partial charge in [-0.25, -0.2) is 0 Å². The highest BCUT2D eigenvalue weighted by molar-refractivity contribution is 5.85. The SMILES string of the molecule is Cc1[nH]ncc1CNC(=O)C1(C)CCCCN1. The Balaban J connectivity index is 1.91. The molecule has 1 atom stereocenters. The predicted molar refractivity (Wildman–Crippen MR) is 65.4 cm³/mol. The topological polar surface area (TPSA) is 69.8 Å². The van der Waals surface area contributed by atoms with Crippen molar-refractivity contribution in [2.45, 2.75) is 45.2 Å². The van der Waals surface area contributed by atoms with Gasteiger partial charge in [0.25, 0.3) is 0 Å². The molecule has 2 rings (SSSR count). The zero-order chi connectivity index (χ0) is 12.3. The van der Waals surface area contributed by atoms with Crippen LogP contribution in [0.2, 0.25) is 0 Å². The fourth-order valence-corrected chi connectivity index (χ4v) is 2.17. The van der Waals surface area contributed by atoms with Crippen molar-refractivity contribution >= 4 is 5.91 Å². The van der Waals surface area contributed by atoms with Crippen LogP contribution in [-0.4, -0.2) is 28.2 Å². The minimum Gasteiger partial charge on any atom is -0.350 e. The van der Waals surface area contributed by atoms with Crippen molar-refractivity contribution in [1.29, 1.82) is 0 Å². The van der Waals surface area contributed by atoms with E-state index >= 15 is 0 Å². The first-order valence-corrected chi connectivity index (χ1v) is 6.14. The third kappa shape index (κ3) is 2.66. The summed E-state index contributed by atoms with van der Waals surface area (Å²) in [5, 5.41) is 13.1. The Morgan fingerprint density at radius 1 is 1.59 bits per heavy atom. The lowest BCUT2D eigenvalue weighted by atomic mass is 9.90. The van der Waals surface area contributed by atoms with Gasteiger partial charge in [-0.3, -0.25) is 9.89 Å². The van der Waals surface area contributed by atoms with E-state index in [2.05, 4.69) is 20.8 Å². The number of hydrogen-bond donors (Lipinski definition) is 3. The number of carbonyl (C=O) groups excluding carboxylic acids is 1. The Kier molecular flexibility index (Phi) is 3.47. The first-order valence-electron chi connectivity index (χ1n) is 6.14. The van der Waals surface area contributed by atoms with Crippen molar-refractivity contribution in [2.75, 3.05) is 6.54 Å². The fourth-order valence-electron chi connectivity index (χ4n) is 2.17. The molecule has 1 unspecified atom stereocenters. The zero-order valence-corrected chi connectivity index (χ0v) is 10.5. The van der Waals surface area contributed by atoms with E-state index in [1.54, 1.807) is 6.20 Å². The average molecular weight is 236 g/mol. The Morgan fingerprint density at radius 3 is 3.00 bits per heavy atom. The quantitative estimate of drug-likeness (QED) is 0.729. The maximum atomic E-state index is 12.1. The zero-order valence-electron chi connectivity index (χ0n) is 10.5. The standard InChI is InChI=1S/C12H20N4O/c1-9-10(8-15-16-9)7-13-11(17)12(2)5-3-4-6-14-12/h8,14H,3-7H2,1-2H3,(H,13,17)(H,15,16). The van der Waals surface area contributed by atoms with Crippen LogP contribution in [0.15, 0.2) is 6.20 Å². The number of nitrogens with zero attached hydrogens (tertiary/aromatic N) is 1. The maximum absolute atomic E-state index is 12.1. The minimum atomic E-state index is -0.407. The summed E-state index contributed by atoms with van der Waals surface area (Å²) in [6, 6.07) is 0. The van der Waals surface area contributed by atoms with Crippen molar-refractivity contribution in [2.24, 2.45) is 0 Å². The highest BCUT2D eigenvalue weighted by Gasteiger charge is 2.33. The predicted octanol–water partition coefficient (Wildman–Crippen LogP) is 0.867. The fraction of sp³-hybridized carbons (Fsp3) is 0.667. The van der Waals surface area contributed by atoms with E-state index in [-0.39, 0.29) is 5.91 Å². The molecule has 5 heteroatoms. The molecule has 94 valence electrons. The van der Waals surface area contributed by atoms with Crippen LogP contribution in [0.25, 0.3) is 0 Å². The molecule has 1 saturated heterocycles. The number of aromatic amines is 1. The summed E-state index contributed by atoms with van der Waals surface area (Å²) < 4.78 is 0. The summed E-state index contributed by atoms with van der Waals surface area (Å²) in [4.78, 5) is 12.1. The van der Waals surface area contributed by atoms with E-state index in [0.29, 0.717) is 6.54 Å². The first-order chi connectivity index (χ1) is 8.12. The highest BCUT2D eigenvalue weighted by Crippen LogP contribution is 2.18. The summed E-state index contributed by atoms with van der Waals surface area (Å²) in [6.45, 7) is 5.39. The molecule has 1 aromatic heterocycles. The molecule has 1 amide bonds. The first kappa shape index (κ1) is 12.1. The maximum Gasteiger partial charge on any atom is 0.240 e. The Hall–Kier alpha value is -1.36. The van der Waals surface area contributed by atoms with Crippen molar-refractivity contribution in [3.63, 3.8) is 0 Å².